The third-order valence-corrected chi connectivity index (χ3v) is 2.99. The van der Waals surface area contributed by atoms with Crippen LogP contribution in [0.25, 0.3) is 0 Å². The highest BCUT2D eigenvalue weighted by Gasteiger charge is 2.25. The second-order valence-corrected chi connectivity index (χ2v) is 4.36. The van der Waals surface area contributed by atoms with Crippen molar-refractivity contribution in [3.63, 3.8) is 0 Å². The lowest BCUT2D eigenvalue weighted by molar-refractivity contribution is -0.138. The molecule has 1 N–H and O–H groups in total. The summed E-state index contributed by atoms with van der Waals surface area (Å²) in [6.45, 7) is 7.14. The number of hydrogen-bond donors (Lipinski definition) is 1. The first-order chi connectivity index (χ1) is 9.15. The lowest BCUT2D eigenvalue weighted by Gasteiger charge is -2.31. The molecule has 0 radical (unpaired) electrons. The van der Waals surface area contributed by atoms with Crippen molar-refractivity contribution in [2.45, 2.75) is 39.7 Å². The molecule has 0 amide bonds. The van der Waals surface area contributed by atoms with Crippen LogP contribution in [0.5, 0.6) is 5.75 Å². The number of rotatable bonds is 8. The lowest BCUT2D eigenvalue weighted by atomic mass is 10.1. The van der Waals surface area contributed by atoms with Crippen molar-refractivity contribution >= 4 is 11.7 Å². The molecule has 0 saturated heterocycles. The third kappa shape index (κ3) is 3.88. The van der Waals surface area contributed by atoms with Crippen LogP contribution in [0.4, 0.5) is 5.69 Å². The molecule has 19 heavy (non-hydrogen) atoms. The number of ether oxygens (including phenoxy) is 1. The Hall–Kier alpha value is -1.71. The van der Waals surface area contributed by atoms with Gasteiger partial charge in [-0.25, -0.2) is 4.79 Å². The van der Waals surface area contributed by atoms with Crippen LogP contribution in [0.2, 0.25) is 0 Å². The molecule has 0 aromatic heterocycles. The van der Waals surface area contributed by atoms with Crippen LogP contribution < -0.4 is 9.64 Å². The molecule has 0 spiro atoms. The minimum Gasteiger partial charge on any atom is -0.492 e. The Balaban J connectivity index is 3.13. The van der Waals surface area contributed by atoms with E-state index in [1.54, 1.807) is 0 Å². The molecule has 0 aliphatic heterocycles. The van der Waals surface area contributed by atoms with Crippen molar-refractivity contribution in [1.82, 2.24) is 0 Å². The van der Waals surface area contributed by atoms with E-state index in [1.165, 1.54) is 0 Å². The van der Waals surface area contributed by atoms with Crippen LogP contribution >= 0.6 is 0 Å². The van der Waals surface area contributed by atoms with Crippen molar-refractivity contribution in [2.75, 3.05) is 18.1 Å². The summed E-state index contributed by atoms with van der Waals surface area (Å²) < 4.78 is 5.60. The molecule has 0 saturated carbocycles. The summed E-state index contributed by atoms with van der Waals surface area (Å²) in [5.41, 5.74) is 0.862. The highest BCUT2D eigenvalue weighted by molar-refractivity contribution is 5.79. The predicted molar refractivity (Wildman–Crippen MR) is 77.0 cm³/mol. The number of aliphatic carboxylic acids is 1. The molecule has 0 heterocycles. The van der Waals surface area contributed by atoms with E-state index in [9.17, 15) is 9.90 Å². The van der Waals surface area contributed by atoms with Crippen molar-refractivity contribution in [3.05, 3.63) is 24.3 Å². The first kappa shape index (κ1) is 15.3. The van der Waals surface area contributed by atoms with Gasteiger partial charge in [-0.1, -0.05) is 26.0 Å². The topological polar surface area (TPSA) is 49.8 Å². The fourth-order valence-electron chi connectivity index (χ4n) is 2.19. The van der Waals surface area contributed by atoms with Crippen LogP contribution in [-0.2, 0) is 4.79 Å². The molecule has 1 atom stereocenters. The monoisotopic (exact) mass is 265 g/mol. The zero-order chi connectivity index (χ0) is 14.3. The quantitative estimate of drug-likeness (QED) is 0.784. The molecule has 0 bridgehead atoms. The van der Waals surface area contributed by atoms with Gasteiger partial charge >= 0.3 is 5.97 Å². The third-order valence-electron chi connectivity index (χ3n) is 2.99. The number of carboxylic acids is 1. The van der Waals surface area contributed by atoms with E-state index in [-0.39, 0.29) is 0 Å². The normalized spacial score (nSPS) is 11.9. The van der Waals surface area contributed by atoms with E-state index < -0.39 is 12.0 Å². The van der Waals surface area contributed by atoms with Crippen LogP contribution in [-0.4, -0.2) is 30.3 Å². The van der Waals surface area contributed by atoms with Crippen molar-refractivity contribution in [1.29, 1.82) is 0 Å². The van der Waals surface area contributed by atoms with E-state index in [2.05, 4.69) is 0 Å². The smallest absolute Gasteiger partial charge is 0.326 e. The summed E-state index contributed by atoms with van der Waals surface area (Å²) in [5.74, 6) is -0.0413. The Morgan fingerprint density at radius 2 is 2.00 bits per heavy atom. The van der Waals surface area contributed by atoms with Crippen molar-refractivity contribution in [2.24, 2.45) is 0 Å². The van der Waals surface area contributed by atoms with E-state index in [4.69, 9.17) is 4.74 Å². The van der Waals surface area contributed by atoms with Gasteiger partial charge < -0.3 is 14.7 Å². The van der Waals surface area contributed by atoms with Crippen molar-refractivity contribution < 1.29 is 14.6 Å². The van der Waals surface area contributed by atoms with Gasteiger partial charge in [0, 0.05) is 6.54 Å². The van der Waals surface area contributed by atoms with Crippen LogP contribution in [0.15, 0.2) is 24.3 Å². The van der Waals surface area contributed by atoms with Gasteiger partial charge in [0.25, 0.3) is 0 Å². The van der Waals surface area contributed by atoms with Gasteiger partial charge in [-0.05, 0) is 31.9 Å². The fraction of sp³-hybridized carbons (Fsp3) is 0.533. The predicted octanol–water partition coefficient (Wildman–Crippen LogP) is 3.16. The Kier molecular flexibility index (Phi) is 6.19. The maximum atomic E-state index is 11.4. The zero-order valence-corrected chi connectivity index (χ0v) is 11.9. The molecule has 1 aromatic rings. The molecular formula is C15H23NO3. The second kappa shape index (κ2) is 7.67. The molecule has 1 rings (SSSR count). The summed E-state index contributed by atoms with van der Waals surface area (Å²) in [5, 5.41) is 9.37. The van der Waals surface area contributed by atoms with Gasteiger partial charge in [0.2, 0.25) is 0 Å². The minimum atomic E-state index is -0.790. The summed E-state index contributed by atoms with van der Waals surface area (Å²) in [6, 6.07) is 7.11. The van der Waals surface area contributed by atoms with Gasteiger partial charge in [-0.2, -0.15) is 0 Å². The Bertz CT molecular complexity index is 406. The number of carboxylic acid groups (broad SMARTS) is 1. The first-order valence-corrected chi connectivity index (χ1v) is 6.86. The molecule has 4 heteroatoms. The first-order valence-electron chi connectivity index (χ1n) is 6.86. The maximum absolute atomic E-state index is 11.4. The molecule has 0 fully saturated rings. The number of nitrogens with zero attached hydrogens (tertiary/aromatic N) is 1. The van der Waals surface area contributed by atoms with E-state index in [0.29, 0.717) is 19.6 Å². The van der Waals surface area contributed by atoms with Crippen molar-refractivity contribution in [3.8, 4) is 5.75 Å². The highest BCUT2D eigenvalue weighted by Crippen LogP contribution is 2.30. The molecular weight excluding hydrogens is 242 g/mol. The summed E-state index contributed by atoms with van der Waals surface area (Å²) >= 11 is 0. The number of para-hydroxylation sites is 2. The average molecular weight is 265 g/mol. The van der Waals surface area contributed by atoms with E-state index in [0.717, 1.165) is 17.9 Å². The zero-order valence-electron chi connectivity index (χ0n) is 11.9. The number of benzene rings is 1. The van der Waals surface area contributed by atoms with Crippen LogP contribution in [0.1, 0.15) is 33.6 Å². The Labute approximate surface area is 115 Å². The Morgan fingerprint density at radius 1 is 1.32 bits per heavy atom. The van der Waals surface area contributed by atoms with Gasteiger partial charge in [0.05, 0.1) is 12.3 Å². The number of hydrogen-bond acceptors (Lipinski definition) is 3. The minimum absolute atomic E-state index is 0.512. The molecule has 106 valence electrons. The van der Waals surface area contributed by atoms with Gasteiger partial charge in [0.1, 0.15) is 11.8 Å². The lowest BCUT2D eigenvalue weighted by Crippen LogP contribution is -2.41. The molecule has 0 aliphatic rings. The highest BCUT2D eigenvalue weighted by atomic mass is 16.5. The van der Waals surface area contributed by atoms with Gasteiger partial charge in [0.15, 0.2) is 0 Å². The van der Waals surface area contributed by atoms with Crippen LogP contribution in [0, 0.1) is 0 Å². The number of carbonyl (C=O) groups is 1. The summed E-state index contributed by atoms with van der Waals surface area (Å²) in [4.78, 5) is 13.3. The fourth-order valence-corrected chi connectivity index (χ4v) is 2.19. The SMILES string of the molecule is CCCN(c1ccccc1OCC)[C@H](CC)C(=O)O. The average Bonchev–Trinajstić information content (AvgIpc) is 2.39. The Morgan fingerprint density at radius 3 is 2.53 bits per heavy atom. The largest absolute Gasteiger partial charge is 0.492 e. The standard InChI is InChI=1S/C15H23NO3/c1-4-11-16(12(5-2)15(17)18)13-9-7-8-10-14(13)19-6-3/h7-10,12H,4-6,11H2,1-3H3,(H,17,18)/t12-/m1/s1. The summed E-state index contributed by atoms with van der Waals surface area (Å²) in [6.07, 6.45) is 1.46. The molecule has 0 unspecified atom stereocenters. The van der Waals surface area contributed by atoms with E-state index in [1.807, 2.05) is 49.9 Å². The van der Waals surface area contributed by atoms with E-state index >= 15 is 0 Å². The molecule has 4 nitrogen and oxygen atoms in total. The van der Waals surface area contributed by atoms with Gasteiger partial charge in [-0.3, -0.25) is 0 Å². The number of anilines is 1. The van der Waals surface area contributed by atoms with Crippen LogP contribution in [0.3, 0.4) is 0 Å². The maximum Gasteiger partial charge on any atom is 0.326 e. The second-order valence-electron chi connectivity index (χ2n) is 4.36. The molecule has 1 aromatic carbocycles. The van der Waals surface area contributed by atoms with Gasteiger partial charge in [-0.15, -0.1) is 0 Å². The summed E-state index contributed by atoms with van der Waals surface area (Å²) in [7, 11) is 0. The molecule has 0 aliphatic carbocycles.